The molecule has 4 aromatic carbocycles. The number of aromatic nitrogens is 4. The number of nitrogens with zero attached hydrogens (tertiary/aromatic N) is 4. The standard InChI is InChI=1S/C45H39N4OS.Pt/c1-44(2,3)31-20-21-33-35-26-29(28-11-5-4-6-12-28)19-22-36(35)45(37(33)27-31,41-18-10-16-38(47-41)34-15-7-8-17-40(34)50)32-14-9-13-30(25-32)42-43-39(23-24-46-42)48-51-49-43;/h7-10,13-24,26-28,50H,4-6,11-12H2,1-3H3;/q-1;. The smallest absolute Gasteiger partial charge is 0.124 e. The molecule has 7 aromatic rings. The molecule has 0 radical (unpaired) electrons. The molecule has 3 heterocycles. The first-order chi connectivity index (χ1) is 24.8. The van der Waals surface area contributed by atoms with Crippen LogP contribution in [0.3, 0.4) is 0 Å². The summed E-state index contributed by atoms with van der Waals surface area (Å²) in [6, 6.07) is 40.1. The average molecular weight is 879 g/mol. The van der Waals surface area contributed by atoms with Crippen molar-refractivity contribution in [3.8, 4) is 39.4 Å². The van der Waals surface area contributed by atoms with E-state index in [1.165, 1.54) is 77.2 Å². The van der Waals surface area contributed by atoms with E-state index in [4.69, 9.17) is 9.97 Å². The zero-order valence-corrected chi connectivity index (χ0v) is 32.6. The van der Waals surface area contributed by atoms with Crippen molar-refractivity contribution in [3.05, 3.63) is 149 Å². The summed E-state index contributed by atoms with van der Waals surface area (Å²) >= 11 is 1.20. The fraction of sp³-hybridized carbons (Fsp3) is 0.244. The third kappa shape index (κ3) is 5.63. The maximum atomic E-state index is 11.0. The Hall–Kier alpha value is -4.51. The van der Waals surface area contributed by atoms with Crippen LogP contribution in [0.5, 0.6) is 5.75 Å². The van der Waals surface area contributed by atoms with Crippen LogP contribution in [0.4, 0.5) is 0 Å². The molecule has 2 aliphatic rings. The molecular weight excluding hydrogens is 840 g/mol. The summed E-state index contributed by atoms with van der Waals surface area (Å²) in [4.78, 5) is 10.3. The number of phenolic OH excluding ortho intramolecular Hbond substituents is 1. The largest absolute Gasteiger partial charge is 0.507 e. The number of rotatable bonds is 5. The van der Waals surface area contributed by atoms with Crippen molar-refractivity contribution in [3.63, 3.8) is 0 Å². The number of aromatic hydroxyl groups is 1. The summed E-state index contributed by atoms with van der Waals surface area (Å²) in [6.45, 7) is 6.83. The van der Waals surface area contributed by atoms with Crippen molar-refractivity contribution in [2.24, 2.45) is 0 Å². The SMILES string of the molecule is CC(C)(C)c1ccc2c(c1)C(c1[c-]c(-c3nccc4nsnc34)ccc1)(c1cccc(-c3ccccc3O)n1)c1ccc(C3CCCCC3)cc1-2.[Pt]. The average Bonchev–Trinajstić information content (AvgIpc) is 3.76. The van der Waals surface area contributed by atoms with Gasteiger partial charge in [0.15, 0.2) is 0 Å². The molecule has 9 rings (SSSR count). The van der Waals surface area contributed by atoms with E-state index in [1.54, 1.807) is 12.3 Å². The van der Waals surface area contributed by atoms with E-state index >= 15 is 0 Å². The van der Waals surface area contributed by atoms with Crippen molar-refractivity contribution in [1.82, 2.24) is 18.7 Å². The molecule has 1 N–H and O–H groups in total. The Morgan fingerprint density at radius 3 is 2.42 bits per heavy atom. The maximum Gasteiger partial charge on any atom is 0.124 e. The van der Waals surface area contributed by atoms with Gasteiger partial charge in [-0.3, -0.25) is 4.98 Å². The van der Waals surface area contributed by atoms with Gasteiger partial charge in [0, 0.05) is 38.5 Å². The molecule has 52 heavy (non-hydrogen) atoms. The van der Waals surface area contributed by atoms with Crippen LogP contribution in [0.25, 0.3) is 44.7 Å². The Bertz CT molecular complexity index is 2440. The predicted octanol–water partition coefficient (Wildman–Crippen LogP) is 11.0. The fourth-order valence-electron chi connectivity index (χ4n) is 8.43. The number of para-hydroxylation sites is 1. The second-order valence-corrected chi connectivity index (χ2v) is 15.6. The molecule has 0 amide bonds. The molecule has 1 atom stereocenters. The molecule has 1 saturated carbocycles. The van der Waals surface area contributed by atoms with Crippen LogP contribution >= 0.6 is 11.7 Å². The summed E-state index contributed by atoms with van der Waals surface area (Å²) in [6.07, 6.45) is 8.19. The topological polar surface area (TPSA) is 71.8 Å². The minimum Gasteiger partial charge on any atom is -0.507 e. The molecule has 0 aliphatic heterocycles. The van der Waals surface area contributed by atoms with E-state index < -0.39 is 5.41 Å². The van der Waals surface area contributed by atoms with Crippen molar-refractivity contribution >= 4 is 22.8 Å². The van der Waals surface area contributed by atoms with Crippen molar-refractivity contribution in [2.45, 2.75) is 69.6 Å². The number of pyridine rings is 2. The normalized spacial score (nSPS) is 17.1. The van der Waals surface area contributed by atoms with Gasteiger partial charge in [-0.25, -0.2) is 0 Å². The van der Waals surface area contributed by atoms with Crippen LogP contribution in [-0.4, -0.2) is 23.8 Å². The van der Waals surface area contributed by atoms with Gasteiger partial charge < -0.3 is 10.1 Å². The third-order valence-corrected chi connectivity index (χ3v) is 11.6. The Balaban J connectivity index is 0.00000387. The summed E-state index contributed by atoms with van der Waals surface area (Å²) in [5.74, 6) is 0.784. The minimum atomic E-state index is -0.804. The molecule has 2 aliphatic carbocycles. The molecule has 5 nitrogen and oxygen atoms in total. The first-order valence-electron chi connectivity index (χ1n) is 18.0. The van der Waals surface area contributed by atoms with E-state index in [2.05, 4.69) is 102 Å². The van der Waals surface area contributed by atoms with Gasteiger partial charge in [0.05, 0.1) is 39.6 Å². The summed E-state index contributed by atoms with van der Waals surface area (Å²) < 4.78 is 9.12. The number of benzene rings is 4. The molecule has 3 aromatic heterocycles. The van der Waals surface area contributed by atoms with Crippen LogP contribution in [0.1, 0.15) is 92.3 Å². The predicted molar refractivity (Wildman–Crippen MR) is 206 cm³/mol. The quantitative estimate of drug-likeness (QED) is 0.174. The van der Waals surface area contributed by atoms with Crippen LogP contribution in [0.2, 0.25) is 0 Å². The first-order valence-corrected chi connectivity index (χ1v) is 18.7. The summed E-state index contributed by atoms with van der Waals surface area (Å²) in [7, 11) is 0. The Morgan fingerprint density at radius 1 is 0.769 bits per heavy atom. The van der Waals surface area contributed by atoms with E-state index in [1.807, 2.05) is 30.3 Å². The van der Waals surface area contributed by atoms with E-state index in [0.717, 1.165) is 39.2 Å². The van der Waals surface area contributed by atoms with E-state index in [9.17, 15) is 5.11 Å². The Labute approximate surface area is 323 Å². The molecule has 1 unspecified atom stereocenters. The molecule has 0 saturated heterocycles. The van der Waals surface area contributed by atoms with Crippen LogP contribution in [0, 0.1) is 6.07 Å². The monoisotopic (exact) mass is 878 g/mol. The zero-order chi connectivity index (χ0) is 34.7. The summed E-state index contributed by atoms with van der Waals surface area (Å²) in [5, 5.41) is 11.0. The van der Waals surface area contributed by atoms with Gasteiger partial charge in [-0.1, -0.05) is 94.6 Å². The van der Waals surface area contributed by atoms with Gasteiger partial charge in [0.2, 0.25) is 0 Å². The molecular formula is C45H39N4OPtS-. The van der Waals surface area contributed by atoms with Crippen molar-refractivity contribution in [2.75, 3.05) is 0 Å². The van der Waals surface area contributed by atoms with E-state index in [0.29, 0.717) is 11.5 Å². The Morgan fingerprint density at radius 2 is 1.60 bits per heavy atom. The Kier molecular flexibility index (Phi) is 8.96. The van der Waals surface area contributed by atoms with Gasteiger partial charge in [-0.2, -0.15) is 8.75 Å². The van der Waals surface area contributed by atoms with Gasteiger partial charge in [-0.05, 0) is 87.9 Å². The van der Waals surface area contributed by atoms with Gasteiger partial charge in [0.25, 0.3) is 0 Å². The van der Waals surface area contributed by atoms with Gasteiger partial charge in [-0.15, -0.1) is 35.4 Å². The minimum absolute atomic E-state index is 0. The fourth-order valence-corrected chi connectivity index (χ4v) is 8.96. The van der Waals surface area contributed by atoms with Crippen molar-refractivity contribution in [1.29, 1.82) is 0 Å². The van der Waals surface area contributed by atoms with E-state index in [-0.39, 0.29) is 32.2 Å². The second kappa shape index (κ2) is 13.5. The van der Waals surface area contributed by atoms with Crippen LogP contribution in [0.15, 0.2) is 109 Å². The van der Waals surface area contributed by atoms with Gasteiger partial charge >= 0.3 is 0 Å². The molecule has 1 fully saturated rings. The number of phenols is 1. The van der Waals surface area contributed by atoms with Crippen LogP contribution in [-0.2, 0) is 31.9 Å². The molecule has 0 bridgehead atoms. The third-order valence-electron chi connectivity index (χ3n) is 11.0. The first kappa shape index (κ1) is 34.6. The maximum absolute atomic E-state index is 11.0. The summed E-state index contributed by atoms with van der Waals surface area (Å²) in [5.41, 5.74) is 13.2. The molecule has 0 spiro atoms. The van der Waals surface area contributed by atoms with Gasteiger partial charge in [0.1, 0.15) is 5.75 Å². The van der Waals surface area contributed by atoms with Crippen molar-refractivity contribution < 1.29 is 26.2 Å². The zero-order valence-electron chi connectivity index (χ0n) is 29.5. The number of fused-ring (bicyclic) bond motifs is 4. The number of hydrogen-bond donors (Lipinski definition) is 1. The van der Waals surface area contributed by atoms with Crippen LogP contribution < -0.4 is 0 Å². The number of hydrogen-bond acceptors (Lipinski definition) is 6. The molecule has 262 valence electrons. The molecule has 7 heteroatoms. The second-order valence-electron chi connectivity index (χ2n) is 15.1.